The van der Waals surface area contributed by atoms with E-state index in [1.54, 1.807) is 0 Å². The summed E-state index contributed by atoms with van der Waals surface area (Å²) < 4.78 is 28.8. The van der Waals surface area contributed by atoms with E-state index in [9.17, 15) is 13.2 Å². The van der Waals surface area contributed by atoms with E-state index in [4.69, 9.17) is 4.55 Å². The second-order valence-electron chi connectivity index (χ2n) is 1.44. The summed E-state index contributed by atoms with van der Waals surface area (Å²) in [6.07, 6.45) is 1.19. The van der Waals surface area contributed by atoms with Crippen LogP contribution in [0.4, 0.5) is 0 Å². The first-order valence-corrected chi connectivity index (χ1v) is 3.72. The first-order chi connectivity index (χ1) is 4.52. The highest BCUT2D eigenvalue weighted by atomic mass is 32.2. The lowest BCUT2D eigenvalue weighted by Gasteiger charge is -2.08. The smallest absolute Gasteiger partial charge is 0.278 e. The van der Waals surface area contributed by atoms with Crippen molar-refractivity contribution in [3.8, 4) is 0 Å². The van der Waals surface area contributed by atoms with Crippen LogP contribution in [0.25, 0.3) is 0 Å². The topological polar surface area (TPSA) is 74.7 Å². The molecule has 6 heteroatoms. The number of nitrogens with zero attached hydrogens (tertiary/aromatic N) is 1. The Morgan fingerprint density at radius 3 is 2.20 bits per heavy atom. The van der Waals surface area contributed by atoms with Gasteiger partial charge in [0.25, 0.3) is 0 Å². The van der Waals surface area contributed by atoms with E-state index in [1.807, 2.05) is 0 Å². The Labute approximate surface area is 58.8 Å². The summed E-state index contributed by atoms with van der Waals surface area (Å²) in [6.45, 7) is 2.97. The molecule has 5 nitrogen and oxygen atoms in total. The molecule has 0 aliphatic carbocycles. The second-order valence-corrected chi connectivity index (χ2v) is 2.81. The van der Waals surface area contributed by atoms with E-state index in [1.165, 1.54) is 6.08 Å². The molecule has 0 fully saturated rings. The van der Waals surface area contributed by atoms with Crippen molar-refractivity contribution in [2.45, 2.75) is 0 Å². The largest absolute Gasteiger partial charge is 0.362 e. The zero-order valence-corrected chi connectivity index (χ0v) is 5.91. The number of hydrogen-bond acceptors (Lipinski definition) is 3. The molecule has 0 aromatic heterocycles. The zero-order valence-electron chi connectivity index (χ0n) is 5.10. The van der Waals surface area contributed by atoms with Crippen molar-refractivity contribution in [3.63, 3.8) is 0 Å². The third kappa shape index (κ3) is 2.60. The van der Waals surface area contributed by atoms with E-state index in [-0.39, 0.29) is 17.3 Å². The minimum Gasteiger partial charge on any atom is -0.278 e. The SMILES string of the molecule is C=CCN(C=O)S(=O)(=O)O. The van der Waals surface area contributed by atoms with Crippen LogP contribution < -0.4 is 0 Å². The van der Waals surface area contributed by atoms with Gasteiger partial charge >= 0.3 is 10.3 Å². The summed E-state index contributed by atoms with van der Waals surface area (Å²) in [5, 5.41) is 0. The van der Waals surface area contributed by atoms with Crippen molar-refractivity contribution in [2.24, 2.45) is 0 Å². The van der Waals surface area contributed by atoms with Crippen LogP contribution in [0.5, 0.6) is 0 Å². The molecule has 58 valence electrons. The fraction of sp³-hybridized carbons (Fsp3) is 0.250. The molecule has 0 aromatic rings. The lowest BCUT2D eigenvalue weighted by Crippen LogP contribution is -2.28. The Bertz CT molecular complexity index is 219. The summed E-state index contributed by atoms with van der Waals surface area (Å²) in [5.74, 6) is 0. The summed E-state index contributed by atoms with van der Waals surface area (Å²) in [6, 6.07) is 0. The van der Waals surface area contributed by atoms with Crippen LogP contribution in [0.2, 0.25) is 0 Å². The molecule has 0 saturated heterocycles. The lowest BCUT2D eigenvalue weighted by atomic mass is 10.6. The van der Waals surface area contributed by atoms with Gasteiger partial charge in [-0.2, -0.15) is 8.42 Å². The van der Waals surface area contributed by atoms with E-state index in [0.717, 1.165) is 0 Å². The fourth-order valence-electron chi connectivity index (χ4n) is 0.319. The van der Waals surface area contributed by atoms with Gasteiger partial charge in [-0.05, 0) is 0 Å². The molecule has 0 aliphatic rings. The third-order valence-electron chi connectivity index (χ3n) is 0.723. The van der Waals surface area contributed by atoms with Crippen LogP contribution in [0.1, 0.15) is 0 Å². The highest BCUT2D eigenvalue weighted by Crippen LogP contribution is 1.91. The van der Waals surface area contributed by atoms with Gasteiger partial charge < -0.3 is 0 Å². The number of carbonyl (C=O) groups excluding carboxylic acids is 1. The highest BCUT2D eigenvalue weighted by molar-refractivity contribution is 7.83. The Morgan fingerprint density at radius 1 is 1.60 bits per heavy atom. The summed E-state index contributed by atoms with van der Waals surface area (Å²) >= 11 is 0. The van der Waals surface area contributed by atoms with Crippen molar-refractivity contribution >= 4 is 16.7 Å². The van der Waals surface area contributed by atoms with Crippen LogP contribution in [-0.4, -0.2) is 30.2 Å². The Balaban J connectivity index is 4.36. The van der Waals surface area contributed by atoms with Gasteiger partial charge in [0.1, 0.15) is 0 Å². The van der Waals surface area contributed by atoms with Crippen LogP contribution in [0, 0.1) is 0 Å². The predicted molar refractivity (Wildman–Crippen MR) is 34.5 cm³/mol. The molecular formula is C4H7NO4S. The quantitative estimate of drug-likeness (QED) is 0.344. The molecule has 1 amide bonds. The highest BCUT2D eigenvalue weighted by Gasteiger charge is 2.13. The average molecular weight is 165 g/mol. The molecule has 0 unspecified atom stereocenters. The fourth-order valence-corrected chi connectivity index (χ4v) is 0.721. The van der Waals surface area contributed by atoms with Crippen LogP contribution >= 0.6 is 0 Å². The van der Waals surface area contributed by atoms with Crippen LogP contribution in [0.3, 0.4) is 0 Å². The molecule has 0 rings (SSSR count). The average Bonchev–Trinajstić information content (AvgIpc) is 1.80. The maximum atomic E-state index is 10.2. The summed E-state index contributed by atoms with van der Waals surface area (Å²) in [5.41, 5.74) is 0. The molecule has 0 radical (unpaired) electrons. The van der Waals surface area contributed by atoms with Crippen molar-refractivity contribution < 1.29 is 17.8 Å². The van der Waals surface area contributed by atoms with Gasteiger partial charge in [-0.15, -0.1) is 6.58 Å². The Hall–Kier alpha value is -0.880. The minimum atomic E-state index is -4.38. The first-order valence-electron chi connectivity index (χ1n) is 2.33. The Kier molecular flexibility index (Phi) is 3.04. The van der Waals surface area contributed by atoms with E-state index >= 15 is 0 Å². The maximum absolute atomic E-state index is 10.2. The minimum absolute atomic E-state index is 0.0109. The Morgan fingerprint density at radius 2 is 2.10 bits per heavy atom. The maximum Gasteiger partial charge on any atom is 0.362 e. The van der Waals surface area contributed by atoms with Crippen LogP contribution in [-0.2, 0) is 15.1 Å². The van der Waals surface area contributed by atoms with Gasteiger partial charge in [-0.1, -0.05) is 6.08 Å². The van der Waals surface area contributed by atoms with Gasteiger partial charge in [0, 0.05) is 0 Å². The van der Waals surface area contributed by atoms with Crippen molar-refractivity contribution in [2.75, 3.05) is 6.54 Å². The van der Waals surface area contributed by atoms with Crippen molar-refractivity contribution in [3.05, 3.63) is 12.7 Å². The van der Waals surface area contributed by atoms with Gasteiger partial charge in [0.05, 0.1) is 6.54 Å². The number of amides is 1. The van der Waals surface area contributed by atoms with Gasteiger partial charge in [-0.25, -0.2) is 4.31 Å². The predicted octanol–water partition coefficient (Wildman–Crippen LogP) is -0.566. The number of rotatable bonds is 4. The molecule has 0 spiro atoms. The standard InChI is InChI=1S/C4H7NO4S/c1-2-3-5(4-6)10(7,8)9/h2,4H,1,3H2,(H,7,8,9). The zero-order chi connectivity index (χ0) is 8.20. The molecule has 1 N–H and O–H groups in total. The van der Waals surface area contributed by atoms with E-state index < -0.39 is 10.3 Å². The summed E-state index contributed by atoms with van der Waals surface area (Å²) in [7, 11) is -4.38. The molecule has 0 aromatic carbocycles. The van der Waals surface area contributed by atoms with Gasteiger partial charge in [0.15, 0.2) is 0 Å². The molecular weight excluding hydrogens is 158 g/mol. The number of carbonyl (C=O) groups is 1. The monoisotopic (exact) mass is 165 g/mol. The van der Waals surface area contributed by atoms with Crippen molar-refractivity contribution in [1.82, 2.24) is 4.31 Å². The molecule has 0 heterocycles. The van der Waals surface area contributed by atoms with E-state index in [2.05, 4.69) is 6.58 Å². The molecule has 0 aliphatic heterocycles. The summed E-state index contributed by atoms with van der Waals surface area (Å²) in [4.78, 5) is 9.88. The lowest BCUT2D eigenvalue weighted by molar-refractivity contribution is -0.114. The third-order valence-corrected chi connectivity index (χ3v) is 1.55. The normalized spacial score (nSPS) is 10.5. The first kappa shape index (κ1) is 9.12. The van der Waals surface area contributed by atoms with Crippen molar-refractivity contribution in [1.29, 1.82) is 0 Å². The number of hydrogen-bond donors (Lipinski definition) is 1. The second kappa shape index (κ2) is 3.33. The van der Waals surface area contributed by atoms with Gasteiger partial charge in [0.2, 0.25) is 6.41 Å². The molecule has 0 bridgehead atoms. The molecule has 0 saturated carbocycles. The molecule has 10 heavy (non-hydrogen) atoms. The van der Waals surface area contributed by atoms with Gasteiger partial charge in [-0.3, -0.25) is 9.35 Å². The van der Waals surface area contributed by atoms with Crippen LogP contribution in [0.15, 0.2) is 12.7 Å². The van der Waals surface area contributed by atoms with E-state index in [0.29, 0.717) is 0 Å². The molecule has 0 atom stereocenters.